The second kappa shape index (κ2) is 8.57. The molecule has 3 aromatic rings. The van der Waals surface area contributed by atoms with Crippen molar-refractivity contribution in [1.29, 1.82) is 0 Å². The third-order valence-electron chi connectivity index (χ3n) is 4.05. The minimum atomic E-state index is -0.468. The van der Waals surface area contributed by atoms with Gasteiger partial charge in [-0.3, -0.25) is 19.5 Å². The Morgan fingerprint density at radius 2 is 2.11 bits per heavy atom. The van der Waals surface area contributed by atoms with Crippen LogP contribution < -0.4 is 10.1 Å². The lowest BCUT2D eigenvalue weighted by Crippen LogP contribution is -2.15. The Hall–Kier alpha value is -3.33. The first kappa shape index (κ1) is 19.4. The topological polar surface area (TPSA) is 99.3 Å². The summed E-state index contributed by atoms with van der Waals surface area (Å²) in [5.41, 5.74) is 1.69. The molecular weight excluding hydrogens is 380 g/mol. The van der Waals surface area contributed by atoms with Crippen molar-refractivity contribution < 1.29 is 14.5 Å². The average molecular weight is 398 g/mol. The van der Waals surface area contributed by atoms with Gasteiger partial charge in [0, 0.05) is 24.5 Å². The summed E-state index contributed by atoms with van der Waals surface area (Å²) in [6, 6.07) is 12.1. The molecule has 1 N–H and O–H groups in total. The van der Waals surface area contributed by atoms with Crippen LogP contribution in [-0.4, -0.2) is 33.2 Å². The molecule has 0 spiro atoms. The van der Waals surface area contributed by atoms with Gasteiger partial charge in [-0.25, -0.2) is 4.98 Å². The Bertz CT molecular complexity index is 1020. The van der Waals surface area contributed by atoms with Gasteiger partial charge >= 0.3 is 0 Å². The summed E-state index contributed by atoms with van der Waals surface area (Å²) in [4.78, 5) is 27.2. The molecule has 9 heteroatoms. The number of ether oxygens (including phenoxy) is 1. The van der Waals surface area contributed by atoms with Gasteiger partial charge in [0.2, 0.25) is 5.91 Å². The highest BCUT2D eigenvalue weighted by molar-refractivity contribution is 7.99. The summed E-state index contributed by atoms with van der Waals surface area (Å²) in [5.74, 6) is 0.568. The van der Waals surface area contributed by atoms with Crippen LogP contribution in [0.15, 0.2) is 60.0 Å². The monoisotopic (exact) mass is 398 g/mol. The number of nitro groups is 1. The molecule has 0 saturated heterocycles. The Labute approximate surface area is 165 Å². The van der Waals surface area contributed by atoms with Crippen LogP contribution in [0, 0.1) is 17.0 Å². The Kier molecular flexibility index (Phi) is 5.95. The summed E-state index contributed by atoms with van der Waals surface area (Å²) < 4.78 is 7.10. The van der Waals surface area contributed by atoms with Gasteiger partial charge in [0.25, 0.3) is 5.69 Å². The van der Waals surface area contributed by atoms with Crippen molar-refractivity contribution in [1.82, 2.24) is 9.55 Å². The minimum absolute atomic E-state index is 0.0287. The van der Waals surface area contributed by atoms with Gasteiger partial charge in [-0.15, -0.1) is 0 Å². The second-order valence-corrected chi connectivity index (χ2v) is 6.77. The highest BCUT2D eigenvalue weighted by atomic mass is 32.2. The van der Waals surface area contributed by atoms with Gasteiger partial charge in [-0.1, -0.05) is 23.9 Å². The summed E-state index contributed by atoms with van der Waals surface area (Å²) in [6.07, 6.45) is 3.46. The van der Waals surface area contributed by atoms with E-state index in [4.69, 9.17) is 4.74 Å². The summed E-state index contributed by atoms with van der Waals surface area (Å²) in [5, 5.41) is 14.4. The fraction of sp³-hybridized carbons (Fsp3) is 0.158. The number of hydrogen-bond acceptors (Lipinski definition) is 6. The molecule has 0 atom stereocenters. The molecule has 0 fully saturated rings. The van der Waals surface area contributed by atoms with Crippen molar-refractivity contribution in [3.05, 3.63) is 70.5 Å². The van der Waals surface area contributed by atoms with Crippen molar-refractivity contribution in [2.75, 3.05) is 18.2 Å². The van der Waals surface area contributed by atoms with Gasteiger partial charge in [0.05, 0.1) is 34.7 Å². The first-order chi connectivity index (χ1) is 13.5. The fourth-order valence-corrected chi connectivity index (χ4v) is 3.40. The van der Waals surface area contributed by atoms with E-state index < -0.39 is 4.92 Å². The zero-order chi connectivity index (χ0) is 20.1. The number of imidazole rings is 1. The third kappa shape index (κ3) is 4.32. The molecule has 0 aliphatic rings. The van der Waals surface area contributed by atoms with E-state index in [1.165, 1.54) is 17.8 Å². The van der Waals surface area contributed by atoms with Crippen LogP contribution >= 0.6 is 11.8 Å². The fourth-order valence-electron chi connectivity index (χ4n) is 2.63. The van der Waals surface area contributed by atoms with Gasteiger partial charge in [0.1, 0.15) is 5.75 Å². The van der Waals surface area contributed by atoms with E-state index in [0.29, 0.717) is 16.4 Å². The Balaban J connectivity index is 1.69. The normalized spacial score (nSPS) is 10.5. The molecule has 0 unspecified atom stereocenters. The molecule has 0 bridgehead atoms. The summed E-state index contributed by atoms with van der Waals surface area (Å²) in [7, 11) is 1.60. The number of aromatic nitrogens is 2. The highest BCUT2D eigenvalue weighted by Gasteiger charge is 2.15. The van der Waals surface area contributed by atoms with Crippen molar-refractivity contribution in [3.8, 4) is 11.4 Å². The molecule has 1 heterocycles. The molecule has 0 saturated carbocycles. The summed E-state index contributed by atoms with van der Waals surface area (Å²) in [6.45, 7) is 1.61. The second-order valence-electron chi connectivity index (χ2n) is 5.82. The van der Waals surface area contributed by atoms with Crippen LogP contribution in [-0.2, 0) is 4.79 Å². The lowest BCUT2D eigenvalue weighted by molar-refractivity contribution is -0.385. The number of rotatable bonds is 7. The van der Waals surface area contributed by atoms with Gasteiger partial charge in [-0.05, 0) is 25.1 Å². The molecule has 0 aliphatic heterocycles. The highest BCUT2D eigenvalue weighted by Crippen LogP contribution is 2.26. The van der Waals surface area contributed by atoms with Crippen LogP contribution in [0.4, 0.5) is 11.4 Å². The molecule has 144 valence electrons. The number of anilines is 1. The number of benzene rings is 2. The van der Waals surface area contributed by atoms with Gasteiger partial charge in [-0.2, -0.15) is 0 Å². The van der Waals surface area contributed by atoms with E-state index in [1.54, 1.807) is 38.6 Å². The zero-order valence-electron chi connectivity index (χ0n) is 15.3. The molecule has 1 amide bonds. The van der Waals surface area contributed by atoms with E-state index in [2.05, 4.69) is 10.3 Å². The van der Waals surface area contributed by atoms with Crippen molar-refractivity contribution in [2.45, 2.75) is 12.1 Å². The first-order valence-corrected chi connectivity index (χ1v) is 9.32. The third-order valence-corrected chi connectivity index (χ3v) is 5.01. The predicted molar refractivity (Wildman–Crippen MR) is 107 cm³/mol. The number of thioether (sulfide) groups is 1. The molecule has 28 heavy (non-hydrogen) atoms. The largest absolute Gasteiger partial charge is 0.497 e. The number of nitrogens with one attached hydrogen (secondary N) is 1. The van der Waals surface area contributed by atoms with E-state index >= 15 is 0 Å². The van der Waals surface area contributed by atoms with Crippen LogP contribution in [0.1, 0.15) is 5.56 Å². The molecule has 3 rings (SSSR count). The minimum Gasteiger partial charge on any atom is -0.497 e. The maximum atomic E-state index is 12.3. The standard InChI is InChI=1S/C19H18N4O4S/c1-13-16(7-4-8-17(13)23(25)26)21-18(24)12-28-19-20-9-10-22(19)14-5-3-6-15(11-14)27-2/h3-11H,12H2,1-2H3,(H,21,24). The first-order valence-electron chi connectivity index (χ1n) is 8.34. The smallest absolute Gasteiger partial charge is 0.274 e. The molecule has 1 aromatic heterocycles. The average Bonchev–Trinajstić information content (AvgIpc) is 3.16. The number of carbonyl (C=O) groups is 1. The molecule has 8 nitrogen and oxygen atoms in total. The molecular formula is C19H18N4O4S. The lowest BCUT2D eigenvalue weighted by Gasteiger charge is -2.10. The SMILES string of the molecule is COc1cccc(-n2ccnc2SCC(=O)Nc2cccc([N+](=O)[O-])c2C)c1. The molecule has 2 aromatic carbocycles. The number of nitrogens with zero attached hydrogens (tertiary/aromatic N) is 3. The number of methoxy groups -OCH3 is 1. The van der Waals surface area contributed by atoms with E-state index in [0.717, 1.165) is 11.4 Å². The predicted octanol–water partition coefficient (Wildman–Crippen LogP) is 3.83. The van der Waals surface area contributed by atoms with Crippen LogP contribution in [0.3, 0.4) is 0 Å². The van der Waals surface area contributed by atoms with Crippen LogP contribution in [0.2, 0.25) is 0 Å². The Morgan fingerprint density at radius 1 is 1.32 bits per heavy atom. The lowest BCUT2D eigenvalue weighted by atomic mass is 10.1. The maximum absolute atomic E-state index is 12.3. The van der Waals surface area contributed by atoms with Crippen molar-refractivity contribution in [2.24, 2.45) is 0 Å². The van der Waals surface area contributed by atoms with Gasteiger partial charge < -0.3 is 10.1 Å². The van der Waals surface area contributed by atoms with Crippen LogP contribution in [0.5, 0.6) is 5.75 Å². The van der Waals surface area contributed by atoms with E-state index in [-0.39, 0.29) is 17.3 Å². The van der Waals surface area contributed by atoms with E-state index in [9.17, 15) is 14.9 Å². The van der Waals surface area contributed by atoms with Gasteiger partial charge in [0.15, 0.2) is 5.16 Å². The maximum Gasteiger partial charge on any atom is 0.274 e. The molecule has 0 radical (unpaired) electrons. The van der Waals surface area contributed by atoms with Crippen molar-refractivity contribution >= 4 is 29.0 Å². The van der Waals surface area contributed by atoms with E-state index in [1.807, 2.05) is 28.8 Å². The number of nitro benzene ring substituents is 1. The number of amides is 1. The van der Waals surface area contributed by atoms with Crippen molar-refractivity contribution in [3.63, 3.8) is 0 Å². The number of hydrogen-bond donors (Lipinski definition) is 1. The van der Waals surface area contributed by atoms with Crippen LogP contribution in [0.25, 0.3) is 5.69 Å². The zero-order valence-corrected chi connectivity index (χ0v) is 16.1. The molecule has 0 aliphatic carbocycles. The quantitative estimate of drug-likeness (QED) is 0.369. The summed E-state index contributed by atoms with van der Waals surface area (Å²) >= 11 is 1.27. The Morgan fingerprint density at radius 3 is 2.86 bits per heavy atom. The number of carbonyl (C=O) groups excluding carboxylic acids is 1.